The lowest BCUT2D eigenvalue weighted by molar-refractivity contribution is 0.598. The molecule has 2 aromatic heterocycles. The normalized spacial score (nSPS) is 11.8. The molecule has 0 fully saturated rings. The van der Waals surface area contributed by atoms with Crippen molar-refractivity contribution in [2.45, 2.75) is 5.03 Å². The second kappa shape index (κ2) is 6.15. The summed E-state index contributed by atoms with van der Waals surface area (Å²) in [6, 6.07) is 13.2. The zero-order valence-electron chi connectivity index (χ0n) is 13.6. The van der Waals surface area contributed by atoms with Gasteiger partial charge in [0.25, 0.3) is 10.0 Å². The van der Waals surface area contributed by atoms with Crippen LogP contribution in [0.2, 0.25) is 5.02 Å². The zero-order valence-corrected chi connectivity index (χ0v) is 15.2. The number of anilines is 1. The molecule has 7 nitrogen and oxygen atoms in total. The molecule has 0 aliphatic heterocycles. The van der Waals surface area contributed by atoms with E-state index in [0.717, 1.165) is 11.1 Å². The number of imidazole rings is 1. The summed E-state index contributed by atoms with van der Waals surface area (Å²) >= 11 is 6.38. The van der Waals surface area contributed by atoms with E-state index in [1.807, 2.05) is 36.4 Å². The largest absolute Gasteiger partial charge is 0.339 e. The van der Waals surface area contributed by atoms with Crippen molar-refractivity contribution in [1.82, 2.24) is 19.7 Å². The number of nitrogens with one attached hydrogen (secondary N) is 2. The molecular formula is C17H14ClN5O2S. The molecule has 0 spiro atoms. The Hall–Kier alpha value is -2.84. The second-order valence-electron chi connectivity index (χ2n) is 5.80. The minimum absolute atomic E-state index is 0.0756. The number of aryl methyl sites for hydroxylation is 1. The molecule has 4 aromatic rings. The van der Waals surface area contributed by atoms with Crippen molar-refractivity contribution in [3.05, 3.63) is 60.0 Å². The summed E-state index contributed by atoms with van der Waals surface area (Å²) in [6.07, 6.45) is 2.84. The average molecular weight is 388 g/mol. The number of nitrogens with zero attached hydrogens (tertiary/aromatic N) is 3. The highest BCUT2D eigenvalue weighted by molar-refractivity contribution is 7.92. The highest BCUT2D eigenvalue weighted by Gasteiger charge is 2.20. The summed E-state index contributed by atoms with van der Waals surface area (Å²) in [5.41, 5.74) is 2.35. The quantitative estimate of drug-likeness (QED) is 0.561. The van der Waals surface area contributed by atoms with Crippen LogP contribution < -0.4 is 4.72 Å². The van der Waals surface area contributed by atoms with E-state index >= 15 is 0 Å². The van der Waals surface area contributed by atoms with Gasteiger partial charge in [-0.1, -0.05) is 41.9 Å². The molecule has 26 heavy (non-hydrogen) atoms. The highest BCUT2D eigenvalue weighted by Crippen LogP contribution is 2.34. The number of sulfonamides is 1. The lowest BCUT2D eigenvalue weighted by Crippen LogP contribution is -2.13. The Labute approximate surface area is 154 Å². The number of aromatic nitrogens is 4. The number of hydrogen-bond donors (Lipinski definition) is 2. The fourth-order valence-corrected chi connectivity index (χ4v) is 3.94. The van der Waals surface area contributed by atoms with Gasteiger partial charge < -0.3 is 4.57 Å². The lowest BCUT2D eigenvalue weighted by Gasteiger charge is -2.06. The number of halogens is 1. The van der Waals surface area contributed by atoms with E-state index in [-0.39, 0.29) is 10.8 Å². The summed E-state index contributed by atoms with van der Waals surface area (Å²) in [7, 11) is -2.14. The van der Waals surface area contributed by atoms with Gasteiger partial charge in [0.2, 0.25) is 0 Å². The van der Waals surface area contributed by atoms with Gasteiger partial charge in [-0.25, -0.2) is 4.98 Å². The second-order valence-corrected chi connectivity index (χ2v) is 7.84. The molecule has 0 atom stereocenters. The predicted molar refractivity (Wildman–Crippen MR) is 101 cm³/mol. The first kappa shape index (κ1) is 16.6. The van der Waals surface area contributed by atoms with E-state index in [0.29, 0.717) is 15.9 Å². The first-order chi connectivity index (χ1) is 12.4. The summed E-state index contributed by atoms with van der Waals surface area (Å²) < 4.78 is 29.1. The maximum absolute atomic E-state index is 12.5. The van der Waals surface area contributed by atoms with Crippen LogP contribution in [0.5, 0.6) is 0 Å². The van der Waals surface area contributed by atoms with Crippen LogP contribution in [0.25, 0.3) is 22.0 Å². The summed E-state index contributed by atoms with van der Waals surface area (Å²) in [4.78, 5) is 3.88. The van der Waals surface area contributed by atoms with Gasteiger partial charge in [-0.05, 0) is 17.7 Å². The Morgan fingerprint density at radius 2 is 1.96 bits per heavy atom. The number of fused-ring (bicyclic) bond motifs is 1. The van der Waals surface area contributed by atoms with Crippen molar-refractivity contribution in [2.24, 2.45) is 7.05 Å². The smallest absolute Gasteiger partial charge is 0.282 e. The summed E-state index contributed by atoms with van der Waals surface area (Å²) in [6.45, 7) is 0. The summed E-state index contributed by atoms with van der Waals surface area (Å²) in [5, 5.41) is 7.97. The number of H-pyrrole nitrogens is 1. The van der Waals surface area contributed by atoms with Crippen LogP contribution >= 0.6 is 11.6 Å². The standard InChI is InChI=1S/C17H14ClN5O2S/c1-23-9-16(19-10-23)26(24,25)22-17-13-7-12(11-5-3-2-4-6-11)14(18)8-15(13)20-21-17/h2-10H,1H3,(H2,20,21,22). The van der Waals surface area contributed by atoms with Gasteiger partial charge in [-0.15, -0.1) is 0 Å². The van der Waals surface area contributed by atoms with Crippen LogP contribution in [-0.4, -0.2) is 28.2 Å². The van der Waals surface area contributed by atoms with Gasteiger partial charge in [0.05, 0.1) is 16.9 Å². The molecule has 0 amide bonds. The van der Waals surface area contributed by atoms with Crippen LogP contribution in [0.4, 0.5) is 5.82 Å². The Bertz CT molecular complexity index is 1200. The number of rotatable bonds is 4. The summed E-state index contributed by atoms with van der Waals surface area (Å²) in [5.74, 6) is 0.194. The molecule has 0 radical (unpaired) electrons. The molecule has 0 saturated heterocycles. The lowest BCUT2D eigenvalue weighted by atomic mass is 10.0. The van der Waals surface area contributed by atoms with Gasteiger partial charge >= 0.3 is 0 Å². The van der Waals surface area contributed by atoms with E-state index in [2.05, 4.69) is 19.9 Å². The fraction of sp³-hybridized carbons (Fsp3) is 0.0588. The average Bonchev–Trinajstić information content (AvgIpc) is 3.22. The Kier molecular flexibility index (Phi) is 3.93. The predicted octanol–water partition coefficient (Wildman–Crippen LogP) is 3.42. The van der Waals surface area contributed by atoms with Crippen molar-refractivity contribution in [3.63, 3.8) is 0 Å². The Morgan fingerprint density at radius 1 is 1.19 bits per heavy atom. The topological polar surface area (TPSA) is 92.7 Å². The van der Waals surface area contributed by atoms with Gasteiger partial charge in [0, 0.05) is 24.2 Å². The van der Waals surface area contributed by atoms with Crippen molar-refractivity contribution in [3.8, 4) is 11.1 Å². The molecule has 2 heterocycles. The van der Waals surface area contributed by atoms with Gasteiger partial charge in [0.1, 0.15) is 0 Å². The van der Waals surface area contributed by atoms with Crippen LogP contribution in [0.1, 0.15) is 0 Å². The monoisotopic (exact) mass is 387 g/mol. The zero-order chi connectivity index (χ0) is 18.3. The first-order valence-corrected chi connectivity index (χ1v) is 9.54. The molecule has 2 N–H and O–H groups in total. The number of hydrogen-bond acceptors (Lipinski definition) is 4. The maximum Gasteiger partial charge on any atom is 0.282 e. The van der Waals surface area contributed by atoms with E-state index in [9.17, 15) is 8.42 Å². The Morgan fingerprint density at radius 3 is 2.65 bits per heavy atom. The molecule has 2 aromatic carbocycles. The van der Waals surface area contributed by atoms with Crippen LogP contribution in [0, 0.1) is 0 Å². The van der Waals surface area contributed by atoms with E-state index in [1.54, 1.807) is 17.7 Å². The van der Waals surface area contributed by atoms with Crippen LogP contribution in [-0.2, 0) is 17.1 Å². The molecule has 0 aliphatic rings. The molecule has 9 heteroatoms. The molecule has 4 rings (SSSR count). The minimum Gasteiger partial charge on any atom is -0.339 e. The SMILES string of the molecule is Cn1cnc(S(=O)(=O)Nc2n[nH]c3cc(Cl)c(-c4ccccc4)cc23)c1. The van der Waals surface area contributed by atoms with E-state index in [1.165, 1.54) is 12.5 Å². The molecule has 0 bridgehead atoms. The fourth-order valence-electron chi connectivity index (χ4n) is 2.66. The van der Waals surface area contributed by atoms with Crippen molar-refractivity contribution in [2.75, 3.05) is 4.72 Å². The van der Waals surface area contributed by atoms with Crippen LogP contribution in [0.3, 0.4) is 0 Å². The van der Waals surface area contributed by atoms with Crippen molar-refractivity contribution < 1.29 is 8.42 Å². The maximum atomic E-state index is 12.5. The van der Waals surface area contributed by atoms with E-state index in [4.69, 9.17) is 11.6 Å². The highest BCUT2D eigenvalue weighted by atomic mass is 35.5. The third kappa shape index (κ3) is 2.93. The van der Waals surface area contributed by atoms with E-state index < -0.39 is 10.0 Å². The minimum atomic E-state index is -3.84. The van der Waals surface area contributed by atoms with Crippen LogP contribution in [0.15, 0.2) is 60.0 Å². The van der Waals surface area contributed by atoms with Gasteiger partial charge in [-0.3, -0.25) is 9.82 Å². The third-order valence-electron chi connectivity index (χ3n) is 3.92. The molecular weight excluding hydrogens is 374 g/mol. The van der Waals surface area contributed by atoms with Crippen molar-refractivity contribution >= 4 is 38.3 Å². The molecule has 0 aliphatic carbocycles. The molecule has 0 saturated carbocycles. The van der Waals surface area contributed by atoms with Gasteiger partial charge in [0.15, 0.2) is 10.8 Å². The number of aromatic amines is 1. The van der Waals surface area contributed by atoms with Crippen molar-refractivity contribution in [1.29, 1.82) is 0 Å². The number of benzene rings is 2. The van der Waals surface area contributed by atoms with Gasteiger partial charge in [-0.2, -0.15) is 13.5 Å². The Balaban J connectivity index is 1.79. The molecule has 132 valence electrons. The first-order valence-electron chi connectivity index (χ1n) is 7.68. The molecule has 0 unspecified atom stereocenters. The third-order valence-corrected chi connectivity index (χ3v) is 5.46.